The van der Waals surface area contributed by atoms with Gasteiger partial charge in [-0.2, -0.15) is 0 Å². The number of benzene rings is 2. The van der Waals surface area contributed by atoms with Crippen LogP contribution in [0.25, 0.3) is 21.8 Å². The maximum atomic E-state index is 3.98. The van der Waals surface area contributed by atoms with E-state index in [9.17, 15) is 0 Å². The molecule has 4 aliphatic carbocycles. The van der Waals surface area contributed by atoms with Crippen molar-refractivity contribution >= 4 is 21.8 Å². The Kier molecular flexibility index (Phi) is 4.10. The van der Waals surface area contributed by atoms with E-state index in [0.29, 0.717) is 11.5 Å². The van der Waals surface area contributed by atoms with Gasteiger partial charge in [-0.15, -0.1) is 0 Å². The topological polar surface area (TPSA) is 17.0 Å². The average molecular weight is 387 g/mol. The van der Waals surface area contributed by atoms with Crippen molar-refractivity contribution in [3.8, 4) is 0 Å². The van der Waals surface area contributed by atoms with Gasteiger partial charge in [-0.3, -0.25) is 0 Å². The smallest absolute Gasteiger partial charge is 0.0491 e. The summed E-state index contributed by atoms with van der Waals surface area (Å²) in [5.74, 6) is 3.09. The summed E-state index contributed by atoms with van der Waals surface area (Å²) >= 11 is 0. The third-order valence-corrected chi connectivity index (χ3v) is 8.77. The molecule has 4 fully saturated rings. The van der Waals surface area contributed by atoms with Gasteiger partial charge in [0.05, 0.1) is 0 Å². The van der Waals surface area contributed by atoms with E-state index in [4.69, 9.17) is 0 Å². The number of hydrogen-bond donors (Lipinski definition) is 1. The minimum atomic E-state index is 0.580. The predicted molar refractivity (Wildman–Crippen MR) is 122 cm³/mol. The van der Waals surface area contributed by atoms with E-state index in [2.05, 4.69) is 66.2 Å². The molecule has 0 unspecified atom stereocenters. The zero-order valence-electron chi connectivity index (χ0n) is 18.0. The van der Waals surface area contributed by atoms with E-state index in [1.165, 1.54) is 65.9 Å². The molecule has 3 aromatic rings. The van der Waals surface area contributed by atoms with Gasteiger partial charge in [0.1, 0.15) is 0 Å². The van der Waals surface area contributed by atoms with Crippen LogP contribution in [0.2, 0.25) is 0 Å². The lowest BCUT2D eigenvalue weighted by atomic mass is 9.48. The number of rotatable bonds is 5. The normalized spacial score (nSPS) is 31.7. The molecule has 2 nitrogen and oxygen atoms in total. The Balaban J connectivity index is 1.26. The standard InChI is InChI=1S/C27H34N2/c1-3-29-25-7-5-4-6-23(25)24-13-19(8-9-26(24)29)17-28-18(2)27-14-20-10-21(15-27)12-22(11-20)16-27/h4-9,13,18,20-22,28H,3,10-12,14-17H2,1-2H3/t18-,20?,21?,22?,27?/m0/s1. The number of fused-ring (bicyclic) bond motifs is 3. The first-order valence-electron chi connectivity index (χ1n) is 11.9. The molecule has 7 rings (SSSR count). The Morgan fingerprint density at radius 3 is 2.28 bits per heavy atom. The monoisotopic (exact) mass is 386 g/mol. The highest BCUT2D eigenvalue weighted by atomic mass is 15.0. The van der Waals surface area contributed by atoms with Crippen molar-refractivity contribution < 1.29 is 0 Å². The van der Waals surface area contributed by atoms with Crippen LogP contribution in [0.3, 0.4) is 0 Å². The van der Waals surface area contributed by atoms with Gasteiger partial charge < -0.3 is 9.88 Å². The highest BCUT2D eigenvalue weighted by molar-refractivity contribution is 6.08. The average Bonchev–Trinajstić information content (AvgIpc) is 3.04. The molecule has 4 saturated carbocycles. The first-order valence-corrected chi connectivity index (χ1v) is 11.9. The summed E-state index contributed by atoms with van der Waals surface area (Å²) in [6, 6.07) is 16.6. The van der Waals surface area contributed by atoms with Crippen LogP contribution in [-0.4, -0.2) is 10.6 Å². The van der Waals surface area contributed by atoms with Crippen LogP contribution in [0.1, 0.15) is 57.9 Å². The van der Waals surface area contributed by atoms with Crippen LogP contribution in [0.15, 0.2) is 42.5 Å². The third kappa shape index (κ3) is 2.79. The number of para-hydroxylation sites is 1. The van der Waals surface area contributed by atoms with Crippen molar-refractivity contribution in [3.63, 3.8) is 0 Å². The van der Waals surface area contributed by atoms with Crippen LogP contribution < -0.4 is 5.32 Å². The molecular weight excluding hydrogens is 352 g/mol. The molecule has 0 aliphatic heterocycles. The Bertz CT molecular complexity index is 1020. The molecule has 1 heterocycles. The van der Waals surface area contributed by atoms with E-state index in [0.717, 1.165) is 30.8 Å². The molecule has 1 aromatic heterocycles. The molecular formula is C27H34N2. The molecule has 0 amide bonds. The Morgan fingerprint density at radius 2 is 1.59 bits per heavy atom. The molecule has 4 aliphatic rings. The van der Waals surface area contributed by atoms with E-state index >= 15 is 0 Å². The molecule has 0 spiro atoms. The minimum Gasteiger partial charge on any atom is -0.341 e. The second-order valence-electron chi connectivity index (χ2n) is 10.5. The Hall–Kier alpha value is -1.80. The summed E-state index contributed by atoms with van der Waals surface area (Å²) in [4.78, 5) is 0. The molecule has 1 atom stereocenters. The van der Waals surface area contributed by atoms with Crippen molar-refractivity contribution in [2.45, 2.75) is 71.5 Å². The summed E-state index contributed by atoms with van der Waals surface area (Å²) in [6.07, 6.45) is 9.04. The highest BCUT2D eigenvalue weighted by Crippen LogP contribution is 2.61. The van der Waals surface area contributed by atoms with E-state index in [-0.39, 0.29) is 0 Å². The lowest BCUT2D eigenvalue weighted by molar-refractivity contribution is -0.0706. The van der Waals surface area contributed by atoms with Crippen LogP contribution in [0, 0.1) is 23.2 Å². The zero-order valence-corrected chi connectivity index (χ0v) is 18.0. The molecule has 4 bridgehead atoms. The van der Waals surface area contributed by atoms with Gasteiger partial charge in [0.2, 0.25) is 0 Å². The number of aryl methyl sites for hydroxylation is 1. The van der Waals surface area contributed by atoms with Gasteiger partial charge in [-0.1, -0.05) is 24.3 Å². The highest BCUT2D eigenvalue weighted by Gasteiger charge is 2.52. The molecule has 0 saturated heterocycles. The van der Waals surface area contributed by atoms with Gasteiger partial charge >= 0.3 is 0 Å². The summed E-state index contributed by atoms with van der Waals surface area (Å²) < 4.78 is 2.44. The fourth-order valence-corrected chi connectivity index (χ4v) is 7.75. The second kappa shape index (κ2) is 6.60. The summed E-state index contributed by atoms with van der Waals surface area (Å²) in [5.41, 5.74) is 4.73. The van der Waals surface area contributed by atoms with Crippen molar-refractivity contribution in [1.29, 1.82) is 0 Å². The van der Waals surface area contributed by atoms with Crippen molar-refractivity contribution in [3.05, 3.63) is 48.0 Å². The lowest BCUT2D eigenvalue weighted by Gasteiger charge is -2.59. The fraction of sp³-hybridized carbons (Fsp3) is 0.556. The molecule has 29 heavy (non-hydrogen) atoms. The first kappa shape index (κ1) is 18.0. The van der Waals surface area contributed by atoms with Gasteiger partial charge in [0, 0.05) is 40.9 Å². The van der Waals surface area contributed by atoms with Gasteiger partial charge in [0.15, 0.2) is 0 Å². The Morgan fingerprint density at radius 1 is 0.931 bits per heavy atom. The van der Waals surface area contributed by atoms with Crippen LogP contribution in [-0.2, 0) is 13.1 Å². The SMILES string of the molecule is CCn1c2ccccc2c2cc(CN[C@@H](C)C34CC5CC(CC(C5)C3)C4)ccc21. The van der Waals surface area contributed by atoms with Gasteiger partial charge in [-0.25, -0.2) is 0 Å². The van der Waals surface area contributed by atoms with Gasteiger partial charge in [-0.05, 0) is 99.3 Å². The third-order valence-electron chi connectivity index (χ3n) is 8.77. The number of hydrogen-bond acceptors (Lipinski definition) is 1. The quantitative estimate of drug-likeness (QED) is 0.529. The zero-order chi connectivity index (χ0) is 19.6. The number of nitrogens with zero attached hydrogens (tertiary/aromatic N) is 1. The summed E-state index contributed by atoms with van der Waals surface area (Å²) in [6.45, 7) is 6.73. The van der Waals surface area contributed by atoms with E-state index < -0.39 is 0 Å². The number of nitrogens with one attached hydrogen (secondary N) is 1. The molecule has 2 aromatic carbocycles. The second-order valence-corrected chi connectivity index (χ2v) is 10.5. The number of aromatic nitrogens is 1. The maximum Gasteiger partial charge on any atom is 0.0491 e. The molecule has 0 radical (unpaired) electrons. The van der Waals surface area contributed by atoms with Crippen molar-refractivity contribution in [2.75, 3.05) is 0 Å². The van der Waals surface area contributed by atoms with Crippen molar-refractivity contribution in [1.82, 2.24) is 9.88 Å². The minimum absolute atomic E-state index is 0.580. The lowest BCUT2D eigenvalue weighted by Crippen LogP contribution is -2.54. The Labute approximate surface area is 174 Å². The largest absolute Gasteiger partial charge is 0.341 e. The van der Waals surface area contributed by atoms with Gasteiger partial charge in [0.25, 0.3) is 0 Å². The molecule has 2 heteroatoms. The van der Waals surface area contributed by atoms with Crippen molar-refractivity contribution in [2.24, 2.45) is 23.2 Å². The van der Waals surface area contributed by atoms with E-state index in [1.54, 1.807) is 0 Å². The fourth-order valence-electron chi connectivity index (χ4n) is 7.75. The first-order chi connectivity index (χ1) is 14.1. The molecule has 1 N–H and O–H groups in total. The maximum absolute atomic E-state index is 3.98. The predicted octanol–water partition coefficient (Wildman–Crippen LogP) is 6.51. The van der Waals surface area contributed by atoms with Crippen LogP contribution in [0.4, 0.5) is 0 Å². The van der Waals surface area contributed by atoms with Crippen LogP contribution >= 0.6 is 0 Å². The molecule has 152 valence electrons. The summed E-state index contributed by atoms with van der Waals surface area (Å²) in [7, 11) is 0. The van der Waals surface area contributed by atoms with Crippen LogP contribution in [0.5, 0.6) is 0 Å². The van der Waals surface area contributed by atoms with E-state index in [1.807, 2.05) is 0 Å². The summed E-state index contributed by atoms with van der Waals surface area (Å²) in [5, 5.41) is 6.78.